The number of nitrogens with zero attached hydrogens (tertiary/aromatic N) is 4. The third-order valence-corrected chi connectivity index (χ3v) is 8.16. The van der Waals surface area contributed by atoms with E-state index in [1.54, 1.807) is 17.1 Å². The van der Waals surface area contributed by atoms with E-state index in [2.05, 4.69) is 39.7 Å². The van der Waals surface area contributed by atoms with Gasteiger partial charge in [0.05, 0.1) is 12.6 Å². The highest BCUT2D eigenvalue weighted by Gasteiger charge is 2.52. The molecule has 4 atom stereocenters. The molecule has 1 N–H and O–H groups in total. The molecule has 0 spiro atoms. The summed E-state index contributed by atoms with van der Waals surface area (Å²) in [7, 11) is 1.90. The molecule has 1 aromatic rings. The van der Waals surface area contributed by atoms with Crippen LogP contribution in [0.3, 0.4) is 0 Å². The van der Waals surface area contributed by atoms with Crippen molar-refractivity contribution in [1.82, 2.24) is 25.1 Å². The predicted molar refractivity (Wildman–Crippen MR) is 143 cm³/mol. The molecule has 2 saturated heterocycles. The minimum absolute atomic E-state index is 0.0306. The van der Waals surface area contributed by atoms with Crippen LogP contribution in [0.2, 0.25) is 0 Å². The minimum Gasteiger partial charge on any atom is -0.382 e. The van der Waals surface area contributed by atoms with Crippen molar-refractivity contribution in [3.63, 3.8) is 0 Å². The molecule has 2 aliphatic rings. The molecular weight excluding hydrogens is 588 g/mol. The Balaban J connectivity index is 1.84. The molecule has 196 valence electrons. The van der Waals surface area contributed by atoms with Crippen LogP contribution < -0.4 is 5.32 Å². The summed E-state index contributed by atoms with van der Waals surface area (Å²) in [5.41, 5.74) is 0.811. The van der Waals surface area contributed by atoms with Crippen molar-refractivity contribution in [2.24, 2.45) is 5.92 Å². The van der Waals surface area contributed by atoms with E-state index >= 15 is 0 Å². The van der Waals surface area contributed by atoms with E-state index in [0.717, 1.165) is 16.4 Å². The van der Waals surface area contributed by atoms with E-state index in [0.29, 0.717) is 38.7 Å². The number of ether oxygens (including phenoxy) is 1. The molecule has 8 nitrogen and oxygen atoms in total. The highest BCUT2D eigenvalue weighted by Crippen LogP contribution is 2.32. The first-order valence-corrected chi connectivity index (χ1v) is 14.2. The molecule has 3 amide bonds. The lowest BCUT2D eigenvalue weighted by molar-refractivity contribution is -0.189. The highest BCUT2D eigenvalue weighted by atomic mass is 127. The molecular formula is C24H36ClFIN5O3. The Morgan fingerprint density at radius 3 is 2.66 bits per heavy atom. The van der Waals surface area contributed by atoms with Gasteiger partial charge in [0.2, 0.25) is 5.91 Å². The lowest BCUT2D eigenvalue weighted by Gasteiger charge is -2.58. The van der Waals surface area contributed by atoms with E-state index in [-0.39, 0.29) is 42.4 Å². The first-order valence-electron chi connectivity index (χ1n) is 12.1. The summed E-state index contributed by atoms with van der Waals surface area (Å²) in [4.78, 5) is 31.1. The Hall–Kier alpha value is -1.21. The summed E-state index contributed by atoms with van der Waals surface area (Å²) in [5, 5.41) is 6.62. The zero-order valence-electron chi connectivity index (χ0n) is 20.6. The number of likely N-dealkylation sites (N-methyl/N-ethyl adjacent to an activating group) is 1. The number of carbonyl (C=O) groups is 2. The van der Waals surface area contributed by atoms with Gasteiger partial charge < -0.3 is 15.0 Å². The lowest BCUT2D eigenvalue weighted by atomic mass is 9.94. The van der Waals surface area contributed by atoms with Crippen molar-refractivity contribution in [1.29, 1.82) is 0 Å². The Morgan fingerprint density at radius 1 is 1.31 bits per heavy atom. The van der Waals surface area contributed by atoms with Crippen LogP contribution >= 0.6 is 34.2 Å². The number of amides is 3. The van der Waals surface area contributed by atoms with Crippen molar-refractivity contribution in [3.8, 4) is 0 Å². The minimum atomic E-state index is -0.397. The predicted octanol–water partition coefficient (Wildman–Crippen LogP) is 3.14. The molecule has 35 heavy (non-hydrogen) atoms. The number of fused-ring (bicyclic) bond motifs is 1. The Labute approximate surface area is 226 Å². The molecule has 0 bridgehead atoms. The van der Waals surface area contributed by atoms with Gasteiger partial charge in [0.25, 0.3) is 0 Å². The number of hydrogen-bond acceptors (Lipinski definition) is 5. The van der Waals surface area contributed by atoms with Crippen LogP contribution in [-0.2, 0) is 16.1 Å². The van der Waals surface area contributed by atoms with Gasteiger partial charge in [-0.25, -0.2) is 19.2 Å². The average Bonchev–Trinajstić information content (AvgIpc) is 2.83. The number of piperazine rings is 1. The van der Waals surface area contributed by atoms with Crippen LogP contribution in [0.15, 0.2) is 24.3 Å². The van der Waals surface area contributed by atoms with Gasteiger partial charge in [0, 0.05) is 62.2 Å². The molecule has 2 aliphatic heterocycles. The van der Waals surface area contributed by atoms with Crippen LogP contribution in [-0.4, -0.2) is 100 Å². The van der Waals surface area contributed by atoms with Gasteiger partial charge in [-0.15, -0.1) is 11.6 Å². The van der Waals surface area contributed by atoms with E-state index in [4.69, 9.17) is 16.3 Å². The lowest BCUT2D eigenvalue weighted by Crippen LogP contribution is -2.77. The van der Waals surface area contributed by atoms with Crippen molar-refractivity contribution in [2.75, 3.05) is 50.2 Å². The van der Waals surface area contributed by atoms with Gasteiger partial charge >= 0.3 is 6.03 Å². The Bertz CT molecular complexity index is 847. The fourth-order valence-electron chi connectivity index (χ4n) is 4.95. The summed E-state index contributed by atoms with van der Waals surface area (Å²) in [5.74, 6) is 0.0984. The largest absolute Gasteiger partial charge is 0.382 e. The summed E-state index contributed by atoms with van der Waals surface area (Å²) >= 11 is 8.63. The van der Waals surface area contributed by atoms with E-state index in [9.17, 15) is 14.0 Å². The third kappa shape index (κ3) is 6.76. The SMILES string of the molecule is CCOCCCN1C[C@H]2N(C(C)CN(C)N2C(=O)NCc2ccc(F)cc2)[C@@H](C(CCl)CI)C1=O. The van der Waals surface area contributed by atoms with Crippen LogP contribution in [0.5, 0.6) is 0 Å². The molecule has 0 aromatic heterocycles. The summed E-state index contributed by atoms with van der Waals surface area (Å²) in [6, 6.07) is 5.50. The van der Waals surface area contributed by atoms with Crippen LogP contribution in [0.1, 0.15) is 25.8 Å². The number of halogens is 3. The van der Waals surface area contributed by atoms with Gasteiger partial charge in [-0.3, -0.25) is 9.69 Å². The van der Waals surface area contributed by atoms with Crippen LogP contribution in [0.4, 0.5) is 9.18 Å². The first kappa shape index (κ1) is 28.4. The Kier molecular flexibility index (Phi) is 10.8. The van der Waals surface area contributed by atoms with Gasteiger partial charge in [0.1, 0.15) is 12.0 Å². The van der Waals surface area contributed by atoms with Crippen molar-refractivity contribution < 1.29 is 18.7 Å². The monoisotopic (exact) mass is 623 g/mol. The summed E-state index contributed by atoms with van der Waals surface area (Å²) in [6.45, 7) is 7.14. The number of nitrogens with one attached hydrogen (secondary N) is 1. The first-order chi connectivity index (χ1) is 16.8. The standard InChI is InChI=1S/C24H36ClFIN5O3/c1-4-35-11-5-10-30-16-21-31(22(23(30)33)19(12-25)13-27)17(2)15-29(3)32(21)24(34)28-14-18-6-8-20(26)9-7-18/h6-9,17,19,21-22H,4-5,10-16H2,1-3H3,(H,28,34)/t17?,19?,21-,22-/m0/s1. The number of urea groups is 1. The van der Waals surface area contributed by atoms with Crippen molar-refractivity contribution in [2.45, 2.75) is 45.1 Å². The van der Waals surface area contributed by atoms with Gasteiger partial charge in [0.15, 0.2) is 0 Å². The second-order valence-electron chi connectivity index (χ2n) is 9.10. The van der Waals surface area contributed by atoms with E-state index in [1.807, 2.05) is 23.9 Å². The zero-order chi connectivity index (χ0) is 25.5. The quantitative estimate of drug-likeness (QED) is 0.247. The molecule has 3 rings (SSSR count). The maximum Gasteiger partial charge on any atom is 0.333 e. The number of hydrazine groups is 1. The maximum absolute atomic E-state index is 13.7. The number of benzene rings is 1. The van der Waals surface area contributed by atoms with Crippen molar-refractivity contribution in [3.05, 3.63) is 35.6 Å². The van der Waals surface area contributed by atoms with Crippen molar-refractivity contribution >= 4 is 46.1 Å². The van der Waals surface area contributed by atoms with Crippen LogP contribution in [0.25, 0.3) is 0 Å². The smallest absolute Gasteiger partial charge is 0.333 e. The van der Waals surface area contributed by atoms with Gasteiger partial charge in [-0.2, -0.15) is 0 Å². The molecule has 0 saturated carbocycles. The number of hydrogen-bond donors (Lipinski definition) is 1. The third-order valence-electron chi connectivity index (χ3n) is 6.63. The summed E-state index contributed by atoms with van der Waals surface area (Å²) in [6.07, 6.45) is 0.414. The number of alkyl halides is 2. The molecule has 2 unspecified atom stereocenters. The van der Waals surface area contributed by atoms with Crippen LogP contribution in [0, 0.1) is 11.7 Å². The molecule has 2 heterocycles. The van der Waals surface area contributed by atoms with Gasteiger partial charge in [-0.1, -0.05) is 34.7 Å². The fourth-order valence-corrected chi connectivity index (χ4v) is 6.39. The number of carbonyl (C=O) groups excluding carboxylic acids is 2. The van der Waals surface area contributed by atoms with E-state index < -0.39 is 6.04 Å². The molecule has 2 fully saturated rings. The molecule has 0 aliphatic carbocycles. The highest BCUT2D eigenvalue weighted by molar-refractivity contribution is 14.1. The molecule has 1 aromatic carbocycles. The molecule has 0 radical (unpaired) electrons. The van der Waals surface area contributed by atoms with E-state index in [1.165, 1.54) is 12.1 Å². The Morgan fingerprint density at radius 2 is 2.03 bits per heavy atom. The zero-order valence-corrected chi connectivity index (χ0v) is 23.5. The molecule has 11 heteroatoms. The topological polar surface area (TPSA) is 68.4 Å². The maximum atomic E-state index is 13.7. The van der Waals surface area contributed by atoms with Gasteiger partial charge in [-0.05, 0) is 38.0 Å². The fraction of sp³-hybridized carbons (Fsp3) is 0.667. The second-order valence-corrected chi connectivity index (χ2v) is 10.3. The average molecular weight is 624 g/mol. The summed E-state index contributed by atoms with van der Waals surface area (Å²) < 4.78 is 19.5. The normalized spacial score (nSPS) is 24.4. The second kappa shape index (κ2) is 13.4. The number of rotatable bonds is 10.